The largest absolute Gasteiger partial charge is 0.325 e. The average molecular weight is 263 g/mol. The summed E-state index contributed by atoms with van der Waals surface area (Å²) in [7, 11) is 0. The Balaban J connectivity index is 1.68. The lowest BCUT2D eigenvalue weighted by atomic mass is 9.90. The monoisotopic (exact) mass is 263 g/mol. The normalized spacial score (nSPS) is 27.1. The molecule has 1 unspecified atom stereocenters. The Morgan fingerprint density at radius 2 is 2.26 bits per heavy atom. The molecule has 7 heteroatoms. The first-order valence-corrected chi connectivity index (χ1v) is 6.54. The number of piperidine rings is 1. The summed E-state index contributed by atoms with van der Waals surface area (Å²) in [5, 5.41) is 10.1. The summed E-state index contributed by atoms with van der Waals surface area (Å²) in [5.74, 6) is -0.114. The highest BCUT2D eigenvalue weighted by Gasteiger charge is 2.51. The van der Waals surface area contributed by atoms with Crippen molar-refractivity contribution in [2.75, 3.05) is 19.6 Å². The van der Waals surface area contributed by atoms with Crippen LogP contribution in [0.3, 0.4) is 0 Å². The molecular weight excluding hydrogens is 246 g/mol. The maximum atomic E-state index is 12.4. The van der Waals surface area contributed by atoms with Gasteiger partial charge in [0.2, 0.25) is 0 Å². The number of imide groups is 1. The molecule has 102 valence electrons. The zero-order valence-corrected chi connectivity index (χ0v) is 10.6. The summed E-state index contributed by atoms with van der Waals surface area (Å²) < 4.78 is 1.71. The van der Waals surface area contributed by atoms with Gasteiger partial charge >= 0.3 is 6.03 Å². The Morgan fingerprint density at radius 1 is 1.37 bits per heavy atom. The Hall–Kier alpha value is -1.89. The zero-order chi connectivity index (χ0) is 13.3. The number of nitrogens with zero attached hydrogens (tertiary/aromatic N) is 3. The van der Waals surface area contributed by atoms with Crippen molar-refractivity contribution in [1.29, 1.82) is 0 Å². The first-order chi connectivity index (χ1) is 9.21. The highest BCUT2D eigenvalue weighted by molar-refractivity contribution is 6.07. The van der Waals surface area contributed by atoms with Crippen LogP contribution in [0.1, 0.15) is 12.8 Å². The molecule has 0 aromatic carbocycles. The fourth-order valence-electron chi connectivity index (χ4n) is 2.71. The molecule has 3 amide bonds. The lowest BCUT2D eigenvalue weighted by molar-refractivity contribution is -0.132. The minimum Gasteiger partial charge on any atom is -0.322 e. The van der Waals surface area contributed by atoms with Crippen LogP contribution in [-0.4, -0.2) is 51.8 Å². The lowest BCUT2D eigenvalue weighted by Gasteiger charge is -2.31. The summed E-state index contributed by atoms with van der Waals surface area (Å²) >= 11 is 0. The van der Waals surface area contributed by atoms with E-state index in [0.717, 1.165) is 13.0 Å². The maximum Gasteiger partial charge on any atom is 0.325 e. The minimum atomic E-state index is -0.723. The van der Waals surface area contributed by atoms with Gasteiger partial charge in [0, 0.05) is 18.9 Å². The number of urea groups is 1. The van der Waals surface area contributed by atoms with Gasteiger partial charge in [0.1, 0.15) is 5.54 Å². The van der Waals surface area contributed by atoms with E-state index in [9.17, 15) is 9.59 Å². The van der Waals surface area contributed by atoms with E-state index in [0.29, 0.717) is 26.1 Å². The van der Waals surface area contributed by atoms with E-state index in [4.69, 9.17) is 0 Å². The number of carbonyl (C=O) groups excluding carboxylic acids is 2. The van der Waals surface area contributed by atoms with Crippen LogP contribution in [0.2, 0.25) is 0 Å². The van der Waals surface area contributed by atoms with Crippen molar-refractivity contribution in [2.45, 2.75) is 24.9 Å². The van der Waals surface area contributed by atoms with Gasteiger partial charge in [0.05, 0.1) is 13.1 Å². The molecule has 3 heterocycles. The molecule has 2 aliphatic rings. The molecule has 2 saturated heterocycles. The molecule has 3 rings (SSSR count). The van der Waals surface area contributed by atoms with E-state index >= 15 is 0 Å². The standard InChI is InChI=1S/C12H17N5O2/c18-10-12(3-1-4-13-9-12)15-11(19)17(10)8-7-16-6-2-5-14-16/h2,5-6,13H,1,3-4,7-9H2,(H,15,19). The second kappa shape index (κ2) is 4.65. The van der Waals surface area contributed by atoms with Crippen molar-refractivity contribution in [3.8, 4) is 0 Å². The van der Waals surface area contributed by atoms with E-state index in [1.807, 2.05) is 12.3 Å². The molecule has 0 aliphatic carbocycles. The van der Waals surface area contributed by atoms with Gasteiger partial charge < -0.3 is 10.6 Å². The van der Waals surface area contributed by atoms with E-state index in [2.05, 4.69) is 15.7 Å². The molecule has 1 spiro atoms. The molecular formula is C12H17N5O2. The molecule has 2 aliphatic heterocycles. The van der Waals surface area contributed by atoms with Gasteiger partial charge in [0.25, 0.3) is 5.91 Å². The van der Waals surface area contributed by atoms with Crippen LogP contribution in [-0.2, 0) is 11.3 Å². The molecule has 1 atom stereocenters. The fraction of sp³-hybridized carbons (Fsp3) is 0.583. The smallest absolute Gasteiger partial charge is 0.322 e. The first-order valence-electron chi connectivity index (χ1n) is 6.54. The topological polar surface area (TPSA) is 79.3 Å². The number of rotatable bonds is 3. The van der Waals surface area contributed by atoms with Gasteiger partial charge in [-0.05, 0) is 25.5 Å². The molecule has 1 aromatic heterocycles. The summed E-state index contributed by atoms with van der Waals surface area (Å²) in [6.07, 6.45) is 5.11. The number of hydrogen-bond donors (Lipinski definition) is 2. The summed E-state index contributed by atoms with van der Waals surface area (Å²) in [4.78, 5) is 25.7. The molecule has 1 aromatic rings. The highest BCUT2D eigenvalue weighted by Crippen LogP contribution is 2.24. The Labute approximate surface area is 110 Å². The predicted molar refractivity (Wildman–Crippen MR) is 67.3 cm³/mol. The summed E-state index contributed by atoms with van der Waals surface area (Å²) in [6.45, 7) is 2.30. The fourth-order valence-corrected chi connectivity index (χ4v) is 2.71. The molecule has 0 bridgehead atoms. The predicted octanol–water partition coefficient (Wildman–Crippen LogP) is -0.443. The van der Waals surface area contributed by atoms with Crippen LogP contribution in [0, 0.1) is 0 Å². The van der Waals surface area contributed by atoms with Crippen molar-refractivity contribution < 1.29 is 9.59 Å². The first kappa shape index (κ1) is 12.2. The number of carbonyl (C=O) groups is 2. The van der Waals surface area contributed by atoms with Crippen molar-refractivity contribution >= 4 is 11.9 Å². The van der Waals surface area contributed by atoms with Crippen LogP contribution in [0.4, 0.5) is 4.79 Å². The van der Waals surface area contributed by atoms with E-state index in [-0.39, 0.29) is 11.9 Å². The zero-order valence-electron chi connectivity index (χ0n) is 10.6. The van der Waals surface area contributed by atoms with E-state index in [1.165, 1.54) is 4.90 Å². The van der Waals surface area contributed by atoms with Gasteiger partial charge in [0.15, 0.2) is 0 Å². The molecule has 0 saturated carbocycles. The Kier molecular flexibility index (Phi) is 2.98. The second-order valence-corrected chi connectivity index (χ2v) is 5.02. The lowest BCUT2D eigenvalue weighted by Crippen LogP contribution is -2.57. The quantitative estimate of drug-likeness (QED) is 0.724. The van der Waals surface area contributed by atoms with Crippen LogP contribution >= 0.6 is 0 Å². The average Bonchev–Trinajstić information content (AvgIpc) is 2.99. The van der Waals surface area contributed by atoms with Crippen LogP contribution in [0.15, 0.2) is 18.5 Å². The molecule has 2 N–H and O–H groups in total. The van der Waals surface area contributed by atoms with Crippen molar-refractivity contribution in [3.63, 3.8) is 0 Å². The van der Waals surface area contributed by atoms with E-state index < -0.39 is 5.54 Å². The minimum absolute atomic E-state index is 0.114. The number of hydrogen-bond acceptors (Lipinski definition) is 4. The second-order valence-electron chi connectivity index (χ2n) is 5.02. The van der Waals surface area contributed by atoms with Crippen LogP contribution < -0.4 is 10.6 Å². The Morgan fingerprint density at radius 3 is 2.95 bits per heavy atom. The highest BCUT2D eigenvalue weighted by atomic mass is 16.2. The number of nitrogens with one attached hydrogen (secondary N) is 2. The summed E-state index contributed by atoms with van der Waals surface area (Å²) in [5.41, 5.74) is -0.723. The van der Waals surface area contributed by atoms with Gasteiger partial charge in [-0.15, -0.1) is 0 Å². The van der Waals surface area contributed by atoms with E-state index in [1.54, 1.807) is 10.9 Å². The van der Waals surface area contributed by atoms with Crippen molar-refractivity contribution in [3.05, 3.63) is 18.5 Å². The third-order valence-corrected chi connectivity index (χ3v) is 3.74. The van der Waals surface area contributed by atoms with Crippen LogP contribution in [0.25, 0.3) is 0 Å². The van der Waals surface area contributed by atoms with Gasteiger partial charge in [-0.3, -0.25) is 14.4 Å². The molecule has 0 radical (unpaired) electrons. The number of aromatic nitrogens is 2. The van der Waals surface area contributed by atoms with Crippen LogP contribution in [0.5, 0.6) is 0 Å². The molecule has 19 heavy (non-hydrogen) atoms. The van der Waals surface area contributed by atoms with Gasteiger partial charge in [-0.2, -0.15) is 5.10 Å². The van der Waals surface area contributed by atoms with Crippen molar-refractivity contribution in [1.82, 2.24) is 25.3 Å². The van der Waals surface area contributed by atoms with Gasteiger partial charge in [-0.25, -0.2) is 4.79 Å². The van der Waals surface area contributed by atoms with Gasteiger partial charge in [-0.1, -0.05) is 0 Å². The SMILES string of the molecule is O=C1NC2(CCCNC2)C(=O)N1CCn1cccn1. The molecule has 2 fully saturated rings. The third kappa shape index (κ3) is 2.10. The van der Waals surface area contributed by atoms with Crippen molar-refractivity contribution in [2.24, 2.45) is 0 Å². The maximum absolute atomic E-state index is 12.4. The summed E-state index contributed by atoms with van der Waals surface area (Å²) in [6, 6.07) is 1.53. The number of amides is 3. The third-order valence-electron chi connectivity index (χ3n) is 3.74. The molecule has 7 nitrogen and oxygen atoms in total. The Bertz CT molecular complexity index is 478.